The van der Waals surface area contributed by atoms with Crippen molar-refractivity contribution in [2.75, 3.05) is 20.1 Å². The highest BCUT2D eigenvalue weighted by Crippen LogP contribution is 2.27. The second-order valence-electron chi connectivity index (χ2n) is 6.06. The highest BCUT2D eigenvalue weighted by atomic mass is 35.5. The monoisotopic (exact) mass is 425 g/mol. The van der Waals surface area contributed by atoms with E-state index >= 15 is 0 Å². The molecule has 0 atom stereocenters. The van der Waals surface area contributed by atoms with E-state index in [0.717, 1.165) is 5.56 Å². The van der Waals surface area contributed by atoms with Crippen molar-refractivity contribution in [2.45, 2.75) is 11.3 Å². The van der Waals surface area contributed by atoms with Gasteiger partial charge in [0.2, 0.25) is 5.91 Å². The van der Waals surface area contributed by atoms with E-state index in [1.165, 1.54) is 11.0 Å². The summed E-state index contributed by atoms with van der Waals surface area (Å²) < 4.78 is 28.0. The summed E-state index contributed by atoms with van der Waals surface area (Å²) in [5, 5.41) is 3.74. The maximum atomic E-state index is 12.2. The summed E-state index contributed by atoms with van der Waals surface area (Å²) in [5.74, 6) is 0.0127. The molecule has 3 rings (SSSR count). The molecule has 1 aliphatic heterocycles. The lowest BCUT2D eigenvalue weighted by atomic mass is 10.1. The molecule has 27 heavy (non-hydrogen) atoms. The van der Waals surface area contributed by atoms with Gasteiger partial charge in [0, 0.05) is 19.2 Å². The normalized spacial score (nSPS) is 14.4. The molecule has 9 heteroatoms. The number of rotatable bonds is 5. The summed E-state index contributed by atoms with van der Waals surface area (Å²) in [4.78, 5) is 13.9. The second-order valence-corrected chi connectivity index (χ2v) is 8.41. The molecular weight excluding hydrogens is 409 g/mol. The summed E-state index contributed by atoms with van der Waals surface area (Å²) in [6.45, 7) is 0.361. The fourth-order valence-electron chi connectivity index (χ4n) is 2.79. The molecule has 0 fully saturated rings. The lowest BCUT2D eigenvalue weighted by molar-refractivity contribution is -0.121. The Morgan fingerprint density at radius 1 is 1.15 bits per heavy atom. The fraction of sp³-hybridized carbons (Fsp3) is 0.222. The van der Waals surface area contributed by atoms with E-state index < -0.39 is 10.0 Å². The van der Waals surface area contributed by atoms with Crippen LogP contribution in [0.15, 0.2) is 51.8 Å². The molecule has 2 aromatic rings. The smallest absolute Gasteiger partial charge is 0.285 e. The zero-order valence-corrected chi connectivity index (χ0v) is 16.8. The summed E-state index contributed by atoms with van der Waals surface area (Å²) in [5.41, 5.74) is 1.34. The minimum Gasteiger partial charge on any atom is -0.354 e. The average molecular weight is 426 g/mol. The van der Waals surface area contributed by atoms with Crippen LogP contribution in [0.1, 0.15) is 11.1 Å². The molecule has 0 unspecified atom stereocenters. The second kappa shape index (κ2) is 7.88. The third-order valence-electron chi connectivity index (χ3n) is 4.10. The van der Waals surface area contributed by atoms with Crippen LogP contribution < -0.4 is 5.32 Å². The number of halogens is 2. The van der Waals surface area contributed by atoms with Crippen LogP contribution in [0, 0.1) is 0 Å². The van der Waals surface area contributed by atoms with Crippen LogP contribution in [0.4, 0.5) is 0 Å². The summed E-state index contributed by atoms with van der Waals surface area (Å²) in [6.07, 6.45) is 0.535. The number of likely N-dealkylation sites (N-methyl/N-ethyl adjacent to an activating group) is 1. The van der Waals surface area contributed by atoms with Crippen molar-refractivity contribution in [3.05, 3.63) is 63.6 Å². The van der Waals surface area contributed by atoms with E-state index in [-0.39, 0.29) is 23.2 Å². The number of carbonyl (C=O) groups excluding carboxylic acids is 1. The van der Waals surface area contributed by atoms with Crippen LogP contribution in [-0.4, -0.2) is 45.2 Å². The number of amides is 1. The quantitative estimate of drug-likeness (QED) is 0.798. The number of nitrogens with zero attached hydrogens (tertiary/aromatic N) is 2. The van der Waals surface area contributed by atoms with Gasteiger partial charge in [0.1, 0.15) is 4.90 Å². The zero-order valence-electron chi connectivity index (χ0n) is 14.4. The SMILES string of the molecule is CN(CC(=O)NCCc1cccc(Cl)c1Cl)C1=NS(=O)(=O)c2ccccc21. The molecule has 1 heterocycles. The first-order valence-corrected chi connectivity index (χ1v) is 10.3. The van der Waals surface area contributed by atoms with Gasteiger partial charge in [-0.05, 0) is 30.2 Å². The lowest BCUT2D eigenvalue weighted by Crippen LogP contribution is -2.39. The van der Waals surface area contributed by atoms with Crippen molar-refractivity contribution in [1.82, 2.24) is 10.2 Å². The van der Waals surface area contributed by atoms with Crippen LogP contribution in [-0.2, 0) is 21.2 Å². The lowest BCUT2D eigenvalue weighted by Gasteiger charge is -2.18. The highest BCUT2D eigenvalue weighted by molar-refractivity contribution is 7.90. The Hall–Kier alpha value is -2.09. The van der Waals surface area contributed by atoms with Gasteiger partial charge in [-0.2, -0.15) is 8.42 Å². The molecule has 2 aromatic carbocycles. The molecule has 0 bridgehead atoms. The topological polar surface area (TPSA) is 78.8 Å². The standard InChI is InChI=1S/C18H17Cl2N3O3S/c1-23(18-13-6-2-3-8-15(13)27(25,26)22-18)11-16(24)21-10-9-12-5-4-7-14(19)17(12)20/h2-8H,9-11H2,1H3,(H,21,24). The number of carbonyl (C=O) groups is 1. The number of amidine groups is 1. The Bertz CT molecular complexity index is 1020. The van der Waals surface area contributed by atoms with Crippen LogP contribution in [0.2, 0.25) is 10.0 Å². The van der Waals surface area contributed by atoms with Gasteiger partial charge in [-0.3, -0.25) is 4.79 Å². The van der Waals surface area contributed by atoms with Crippen molar-refractivity contribution < 1.29 is 13.2 Å². The van der Waals surface area contributed by atoms with Crippen LogP contribution in [0.5, 0.6) is 0 Å². The predicted octanol–water partition coefficient (Wildman–Crippen LogP) is 2.73. The van der Waals surface area contributed by atoms with Crippen molar-refractivity contribution >= 4 is 45.0 Å². The molecular formula is C18H17Cl2N3O3S. The first kappa shape index (κ1) is 19.7. The number of hydrogen-bond donors (Lipinski definition) is 1. The van der Waals surface area contributed by atoms with Gasteiger partial charge in [-0.15, -0.1) is 4.40 Å². The Balaban J connectivity index is 1.59. The van der Waals surface area contributed by atoms with Gasteiger partial charge in [0.05, 0.1) is 16.6 Å². The number of sulfonamides is 1. The third kappa shape index (κ3) is 4.26. The van der Waals surface area contributed by atoms with E-state index in [9.17, 15) is 13.2 Å². The van der Waals surface area contributed by atoms with Crippen molar-refractivity contribution in [1.29, 1.82) is 0 Å². The number of hydrogen-bond acceptors (Lipinski definition) is 4. The predicted molar refractivity (Wildman–Crippen MR) is 106 cm³/mol. The summed E-state index contributed by atoms with van der Waals surface area (Å²) in [7, 11) is -2.08. The number of benzene rings is 2. The van der Waals surface area contributed by atoms with Gasteiger partial charge in [-0.25, -0.2) is 0 Å². The Labute approximate surface area is 167 Å². The number of fused-ring (bicyclic) bond motifs is 1. The third-order valence-corrected chi connectivity index (χ3v) is 6.29. The highest BCUT2D eigenvalue weighted by Gasteiger charge is 2.30. The van der Waals surface area contributed by atoms with Crippen LogP contribution in [0.3, 0.4) is 0 Å². The van der Waals surface area contributed by atoms with E-state index in [0.29, 0.717) is 28.6 Å². The van der Waals surface area contributed by atoms with Crippen molar-refractivity contribution in [2.24, 2.45) is 4.40 Å². The molecule has 0 aromatic heterocycles. The molecule has 0 radical (unpaired) electrons. The van der Waals surface area contributed by atoms with E-state index in [1.807, 2.05) is 6.07 Å². The Kier molecular flexibility index (Phi) is 5.74. The Morgan fingerprint density at radius 2 is 1.89 bits per heavy atom. The average Bonchev–Trinajstić information content (AvgIpc) is 2.90. The Morgan fingerprint density at radius 3 is 2.67 bits per heavy atom. The van der Waals surface area contributed by atoms with Gasteiger partial charge in [-0.1, -0.05) is 47.5 Å². The first-order valence-electron chi connectivity index (χ1n) is 8.14. The molecule has 1 aliphatic rings. The fourth-order valence-corrected chi connectivity index (χ4v) is 4.45. The first-order chi connectivity index (χ1) is 12.8. The maximum Gasteiger partial charge on any atom is 0.285 e. The van der Waals surface area contributed by atoms with Crippen molar-refractivity contribution in [3.8, 4) is 0 Å². The van der Waals surface area contributed by atoms with Gasteiger partial charge < -0.3 is 10.2 Å². The minimum atomic E-state index is -3.71. The molecule has 1 amide bonds. The summed E-state index contributed by atoms with van der Waals surface area (Å²) in [6, 6.07) is 11.9. The van der Waals surface area contributed by atoms with Crippen LogP contribution in [0.25, 0.3) is 0 Å². The molecule has 6 nitrogen and oxygen atoms in total. The molecule has 0 saturated carbocycles. The van der Waals surface area contributed by atoms with E-state index in [1.54, 1.807) is 37.4 Å². The summed E-state index contributed by atoms with van der Waals surface area (Å²) >= 11 is 12.1. The van der Waals surface area contributed by atoms with Gasteiger partial charge >= 0.3 is 0 Å². The molecule has 142 valence electrons. The molecule has 0 aliphatic carbocycles. The van der Waals surface area contributed by atoms with Gasteiger partial charge in [0.15, 0.2) is 5.84 Å². The minimum absolute atomic E-state index is 0.0219. The van der Waals surface area contributed by atoms with Crippen LogP contribution >= 0.6 is 23.2 Å². The number of nitrogens with one attached hydrogen (secondary N) is 1. The maximum absolute atomic E-state index is 12.2. The molecule has 1 N–H and O–H groups in total. The van der Waals surface area contributed by atoms with Crippen molar-refractivity contribution in [3.63, 3.8) is 0 Å². The molecule has 0 spiro atoms. The van der Waals surface area contributed by atoms with E-state index in [2.05, 4.69) is 9.71 Å². The van der Waals surface area contributed by atoms with E-state index in [4.69, 9.17) is 23.2 Å². The zero-order chi connectivity index (χ0) is 19.6. The van der Waals surface area contributed by atoms with Gasteiger partial charge in [0.25, 0.3) is 10.0 Å². The molecule has 0 saturated heterocycles. The largest absolute Gasteiger partial charge is 0.354 e.